The second-order valence-electron chi connectivity index (χ2n) is 5.34. The molecule has 0 saturated carbocycles. The number of benzene rings is 1. The van der Waals surface area contributed by atoms with Crippen LogP contribution >= 0.6 is 35.6 Å². The lowest BCUT2D eigenvalue weighted by Crippen LogP contribution is -2.39. The average Bonchev–Trinajstić information content (AvgIpc) is 2.67. The number of halogens is 3. The molecule has 2 atom stereocenters. The molecule has 2 bridgehead atoms. The molecule has 0 spiro atoms. The Morgan fingerprint density at radius 3 is 2.38 bits per heavy atom. The minimum Gasteiger partial charge on any atom is -0.310 e. The van der Waals surface area contributed by atoms with E-state index in [0.717, 1.165) is 19.3 Å². The van der Waals surface area contributed by atoms with E-state index in [9.17, 15) is 8.42 Å². The van der Waals surface area contributed by atoms with Gasteiger partial charge in [-0.3, -0.25) is 0 Å². The van der Waals surface area contributed by atoms with Gasteiger partial charge in [0, 0.05) is 25.2 Å². The van der Waals surface area contributed by atoms with Crippen LogP contribution in [0.1, 0.15) is 19.3 Å². The topological polar surface area (TPSA) is 49.4 Å². The van der Waals surface area contributed by atoms with Gasteiger partial charge in [0.25, 0.3) is 0 Å². The van der Waals surface area contributed by atoms with Crippen LogP contribution in [0.4, 0.5) is 0 Å². The van der Waals surface area contributed by atoms with Gasteiger partial charge in [-0.2, -0.15) is 4.31 Å². The zero-order valence-electron chi connectivity index (χ0n) is 11.3. The Morgan fingerprint density at radius 2 is 1.71 bits per heavy atom. The first kappa shape index (κ1) is 17.3. The van der Waals surface area contributed by atoms with Crippen molar-refractivity contribution in [3.63, 3.8) is 0 Å². The van der Waals surface area contributed by atoms with Crippen molar-refractivity contribution in [2.24, 2.45) is 0 Å². The molecule has 0 aromatic heterocycles. The van der Waals surface area contributed by atoms with Gasteiger partial charge < -0.3 is 5.32 Å². The van der Waals surface area contributed by atoms with Gasteiger partial charge in [-0.15, -0.1) is 12.4 Å². The first-order valence-corrected chi connectivity index (χ1v) is 8.88. The molecule has 1 N–H and O–H groups in total. The Bertz CT molecular complexity index is 604. The van der Waals surface area contributed by atoms with E-state index in [-0.39, 0.29) is 33.4 Å². The first-order valence-electron chi connectivity index (χ1n) is 6.68. The molecule has 4 nitrogen and oxygen atoms in total. The monoisotopic (exact) mass is 370 g/mol. The molecule has 2 unspecified atom stereocenters. The van der Waals surface area contributed by atoms with E-state index in [0.29, 0.717) is 19.1 Å². The molecule has 2 fully saturated rings. The zero-order chi connectivity index (χ0) is 14.3. The van der Waals surface area contributed by atoms with Crippen LogP contribution in [-0.2, 0) is 10.0 Å². The van der Waals surface area contributed by atoms with E-state index in [2.05, 4.69) is 5.32 Å². The highest BCUT2D eigenvalue weighted by Gasteiger charge is 2.36. The van der Waals surface area contributed by atoms with Gasteiger partial charge >= 0.3 is 0 Å². The van der Waals surface area contributed by atoms with Crippen molar-refractivity contribution in [1.82, 2.24) is 9.62 Å². The summed E-state index contributed by atoms with van der Waals surface area (Å²) in [5.74, 6) is 0. The summed E-state index contributed by atoms with van der Waals surface area (Å²) in [4.78, 5) is 0.0288. The van der Waals surface area contributed by atoms with Crippen molar-refractivity contribution < 1.29 is 8.42 Å². The molecule has 2 aliphatic rings. The molecule has 2 saturated heterocycles. The summed E-state index contributed by atoms with van der Waals surface area (Å²) in [7, 11) is -3.64. The van der Waals surface area contributed by atoms with Crippen LogP contribution in [0.3, 0.4) is 0 Å². The third-order valence-corrected chi connectivity index (χ3v) is 6.82. The molecule has 2 heterocycles. The van der Waals surface area contributed by atoms with Crippen molar-refractivity contribution >= 4 is 45.6 Å². The number of hydrogen-bond acceptors (Lipinski definition) is 3. The number of sulfonamides is 1. The van der Waals surface area contributed by atoms with Crippen LogP contribution in [0, 0.1) is 0 Å². The summed E-state index contributed by atoms with van der Waals surface area (Å²) < 4.78 is 27.1. The van der Waals surface area contributed by atoms with Gasteiger partial charge in [0.05, 0.1) is 10.0 Å². The van der Waals surface area contributed by atoms with E-state index in [1.165, 1.54) is 4.31 Å². The number of fused-ring (bicyclic) bond motifs is 2. The van der Waals surface area contributed by atoms with Crippen molar-refractivity contribution in [3.05, 3.63) is 28.2 Å². The highest BCUT2D eigenvalue weighted by Crippen LogP contribution is 2.33. The second kappa shape index (κ2) is 6.60. The fourth-order valence-electron chi connectivity index (χ4n) is 2.99. The molecule has 0 amide bonds. The maximum Gasteiger partial charge on any atom is 0.246 e. The molecule has 0 radical (unpaired) electrons. The molecule has 8 heteroatoms. The third kappa shape index (κ3) is 3.33. The van der Waals surface area contributed by atoms with Crippen molar-refractivity contribution in [3.8, 4) is 0 Å². The molecular formula is C13H17Cl3N2O2S. The summed E-state index contributed by atoms with van der Waals surface area (Å²) in [6, 6.07) is 5.43. The van der Waals surface area contributed by atoms with Gasteiger partial charge in [0.15, 0.2) is 0 Å². The summed E-state index contributed by atoms with van der Waals surface area (Å²) in [5, 5.41) is 3.82. The van der Waals surface area contributed by atoms with Crippen LogP contribution in [0.2, 0.25) is 10.0 Å². The molecule has 0 aliphatic carbocycles. The Labute approximate surface area is 141 Å². The van der Waals surface area contributed by atoms with Gasteiger partial charge in [0.1, 0.15) is 4.90 Å². The summed E-state index contributed by atoms with van der Waals surface area (Å²) in [6.45, 7) is 0.998. The van der Waals surface area contributed by atoms with Gasteiger partial charge in [-0.1, -0.05) is 29.3 Å². The molecule has 3 rings (SSSR count). The second-order valence-corrected chi connectivity index (χ2v) is 8.03. The predicted octanol–water partition coefficient (Wildman–Crippen LogP) is 2.93. The lowest BCUT2D eigenvalue weighted by atomic mass is 10.1. The van der Waals surface area contributed by atoms with Crippen LogP contribution in [0.5, 0.6) is 0 Å². The maximum atomic E-state index is 12.8. The standard InChI is InChI=1S/C13H16Cl2N2O2S.ClH/c14-11-2-1-3-12(15)13(11)20(18,19)17-7-6-9-4-5-10(8-17)16-9;/h1-3,9-10,16H,4-8H2;1H. The Balaban J connectivity index is 0.00000161. The minimum atomic E-state index is -3.64. The van der Waals surface area contributed by atoms with Crippen molar-refractivity contribution in [2.75, 3.05) is 13.1 Å². The van der Waals surface area contributed by atoms with Crippen LogP contribution in [0.15, 0.2) is 23.1 Å². The lowest BCUT2D eigenvalue weighted by Gasteiger charge is -2.24. The third-order valence-electron chi connectivity index (χ3n) is 4.00. The average molecular weight is 372 g/mol. The van der Waals surface area contributed by atoms with Crippen molar-refractivity contribution in [2.45, 2.75) is 36.2 Å². The molecule has 1 aromatic carbocycles. The van der Waals surface area contributed by atoms with E-state index in [4.69, 9.17) is 23.2 Å². The summed E-state index contributed by atoms with van der Waals surface area (Å²) in [6.07, 6.45) is 2.98. The van der Waals surface area contributed by atoms with E-state index >= 15 is 0 Å². The highest BCUT2D eigenvalue weighted by molar-refractivity contribution is 7.89. The SMILES string of the molecule is Cl.O=S(=O)(c1c(Cl)cccc1Cl)N1CCC2CCC(C1)N2. The number of rotatable bonds is 2. The predicted molar refractivity (Wildman–Crippen MR) is 87.0 cm³/mol. The van der Waals surface area contributed by atoms with E-state index in [1.54, 1.807) is 18.2 Å². The summed E-state index contributed by atoms with van der Waals surface area (Å²) in [5.41, 5.74) is 0. The normalized spacial score (nSPS) is 26.2. The quantitative estimate of drug-likeness (QED) is 0.869. The molecular weight excluding hydrogens is 355 g/mol. The molecule has 2 aliphatic heterocycles. The van der Waals surface area contributed by atoms with Crippen molar-refractivity contribution in [1.29, 1.82) is 0 Å². The van der Waals surface area contributed by atoms with Crippen LogP contribution in [-0.4, -0.2) is 37.9 Å². The van der Waals surface area contributed by atoms with Crippen LogP contribution < -0.4 is 5.32 Å². The summed E-state index contributed by atoms with van der Waals surface area (Å²) >= 11 is 12.1. The Hall–Kier alpha value is -0.0400. The maximum absolute atomic E-state index is 12.8. The number of nitrogens with one attached hydrogen (secondary N) is 1. The molecule has 118 valence electrons. The minimum absolute atomic E-state index is 0. The Morgan fingerprint density at radius 1 is 1.10 bits per heavy atom. The zero-order valence-corrected chi connectivity index (χ0v) is 14.4. The fraction of sp³-hybridized carbons (Fsp3) is 0.538. The van der Waals surface area contributed by atoms with E-state index in [1.807, 2.05) is 0 Å². The van der Waals surface area contributed by atoms with Gasteiger partial charge in [-0.25, -0.2) is 8.42 Å². The lowest BCUT2D eigenvalue weighted by molar-refractivity contribution is 0.383. The first-order chi connectivity index (χ1) is 9.48. The van der Waals surface area contributed by atoms with Crippen LogP contribution in [0.25, 0.3) is 0 Å². The fourth-order valence-corrected chi connectivity index (χ4v) is 5.58. The van der Waals surface area contributed by atoms with Gasteiger partial charge in [-0.05, 0) is 31.4 Å². The number of nitrogens with zero attached hydrogens (tertiary/aromatic N) is 1. The largest absolute Gasteiger partial charge is 0.310 e. The smallest absolute Gasteiger partial charge is 0.246 e. The van der Waals surface area contributed by atoms with E-state index < -0.39 is 10.0 Å². The molecule has 1 aromatic rings. The highest BCUT2D eigenvalue weighted by atomic mass is 35.5. The Kier molecular flexibility index (Phi) is 5.45. The van der Waals surface area contributed by atoms with Gasteiger partial charge in [0.2, 0.25) is 10.0 Å². The number of hydrogen-bond donors (Lipinski definition) is 1. The molecule has 21 heavy (non-hydrogen) atoms.